The van der Waals surface area contributed by atoms with Crippen molar-refractivity contribution in [1.29, 1.82) is 0 Å². The second kappa shape index (κ2) is 6.41. The highest BCUT2D eigenvalue weighted by atomic mass is 32.1. The Morgan fingerprint density at radius 2 is 2.29 bits per heavy atom. The Kier molecular flexibility index (Phi) is 4.36. The van der Waals surface area contributed by atoms with Crippen LogP contribution in [0.4, 0.5) is 0 Å². The van der Waals surface area contributed by atoms with Crippen LogP contribution in [0.2, 0.25) is 0 Å². The van der Waals surface area contributed by atoms with Crippen molar-refractivity contribution >= 4 is 17.2 Å². The molecule has 112 valence electrons. The van der Waals surface area contributed by atoms with Crippen molar-refractivity contribution in [2.24, 2.45) is 5.73 Å². The number of amides is 1. The first-order valence-electron chi connectivity index (χ1n) is 7.23. The predicted molar refractivity (Wildman–Crippen MR) is 81.7 cm³/mol. The average Bonchev–Trinajstić information content (AvgIpc) is 3.20. The zero-order chi connectivity index (χ0) is 14.7. The molecular formula is C15H19N3O2S. The van der Waals surface area contributed by atoms with E-state index in [-0.39, 0.29) is 12.5 Å². The van der Waals surface area contributed by atoms with Crippen molar-refractivity contribution in [3.05, 3.63) is 29.5 Å². The van der Waals surface area contributed by atoms with Gasteiger partial charge in [0.05, 0.1) is 17.1 Å². The van der Waals surface area contributed by atoms with Gasteiger partial charge in [0.1, 0.15) is 6.26 Å². The van der Waals surface area contributed by atoms with Gasteiger partial charge in [0.15, 0.2) is 0 Å². The number of aromatic nitrogens is 1. The van der Waals surface area contributed by atoms with E-state index in [0.717, 1.165) is 23.4 Å². The number of thiophene rings is 1. The monoisotopic (exact) mass is 305 g/mol. The molecule has 0 bridgehead atoms. The van der Waals surface area contributed by atoms with Crippen molar-refractivity contribution in [2.75, 3.05) is 6.54 Å². The number of carbonyl (C=O) groups is 1. The van der Waals surface area contributed by atoms with Gasteiger partial charge < -0.3 is 10.2 Å². The molecule has 0 spiro atoms. The van der Waals surface area contributed by atoms with Crippen LogP contribution in [0.15, 0.2) is 28.2 Å². The molecule has 6 heteroatoms. The molecule has 0 saturated heterocycles. The molecule has 0 aromatic carbocycles. The van der Waals surface area contributed by atoms with Gasteiger partial charge >= 0.3 is 0 Å². The van der Waals surface area contributed by atoms with Gasteiger partial charge in [-0.15, -0.1) is 11.3 Å². The van der Waals surface area contributed by atoms with Gasteiger partial charge in [-0.25, -0.2) is 4.98 Å². The standard InChI is InChI=1S/C15H19N3O2S/c16-14(19)9-18(12-4-1-2-5-12)8-11-10-20-15(17-11)13-6-3-7-21-13/h3,6-7,10,12H,1-2,4-5,8-9H2,(H2,16,19). The molecule has 0 radical (unpaired) electrons. The largest absolute Gasteiger partial charge is 0.444 e. The number of primary amides is 1. The summed E-state index contributed by atoms with van der Waals surface area (Å²) in [5.74, 6) is 0.356. The summed E-state index contributed by atoms with van der Waals surface area (Å²) >= 11 is 1.60. The number of carbonyl (C=O) groups excluding carboxylic acids is 1. The summed E-state index contributed by atoms with van der Waals surface area (Å²) < 4.78 is 5.53. The highest BCUT2D eigenvalue weighted by Gasteiger charge is 2.24. The summed E-state index contributed by atoms with van der Waals surface area (Å²) in [4.78, 5) is 19.0. The second-order valence-electron chi connectivity index (χ2n) is 5.43. The number of hydrogen-bond donors (Lipinski definition) is 1. The topological polar surface area (TPSA) is 72.4 Å². The summed E-state index contributed by atoms with van der Waals surface area (Å²) in [6.45, 7) is 0.897. The Morgan fingerprint density at radius 1 is 1.48 bits per heavy atom. The molecule has 1 fully saturated rings. The van der Waals surface area contributed by atoms with Crippen LogP contribution in [0, 0.1) is 0 Å². The summed E-state index contributed by atoms with van der Waals surface area (Å²) in [6.07, 6.45) is 6.38. The minimum atomic E-state index is -0.288. The Balaban J connectivity index is 1.71. The molecule has 1 saturated carbocycles. The number of nitrogens with two attached hydrogens (primary N) is 1. The summed E-state index contributed by atoms with van der Waals surface area (Å²) in [6, 6.07) is 4.39. The van der Waals surface area contributed by atoms with Gasteiger partial charge in [-0.2, -0.15) is 0 Å². The lowest BCUT2D eigenvalue weighted by atomic mass is 10.2. The van der Waals surface area contributed by atoms with Crippen molar-refractivity contribution < 1.29 is 9.21 Å². The molecule has 21 heavy (non-hydrogen) atoms. The van der Waals surface area contributed by atoms with Gasteiger partial charge in [0.25, 0.3) is 0 Å². The van der Waals surface area contributed by atoms with Crippen LogP contribution in [0.3, 0.4) is 0 Å². The Morgan fingerprint density at radius 3 is 2.95 bits per heavy atom. The van der Waals surface area contributed by atoms with E-state index in [9.17, 15) is 4.79 Å². The quantitative estimate of drug-likeness (QED) is 0.890. The lowest BCUT2D eigenvalue weighted by Crippen LogP contribution is -2.39. The normalized spacial score (nSPS) is 15.9. The van der Waals surface area contributed by atoms with Crippen molar-refractivity contribution in [3.8, 4) is 10.8 Å². The lowest BCUT2D eigenvalue weighted by molar-refractivity contribution is -0.119. The molecule has 0 atom stereocenters. The molecule has 1 aliphatic rings. The molecule has 2 aromatic heterocycles. The molecule has 1 aliphatic carbocycles. The zero-order valence-corrected chi connectivity index (χ0v) is 12.6. The molecule has 0 unspecified atom stereocenters. The van der Waals surface area contributed by atoms with Gasteiger partial charge in [-0.05, 0) is 24.3 Å². The van der Waals surface area contributed by atoms with Gasteiger partial charge in [-0.1, -0.05) is 18.9 Å². The fraction of sp³-hybridized carbons (Fsp3) is 0.467. The van der Waals surface area contributed by atoms with Crippen molar-refractivity contribution in [3.63, 3.8) is 0 Å². The van der Waals surface area contributed by atoms with E-state index >= 15 is 0 Å². The van der Waals surface area contributed by atoms with E-state index in [1.54, 1.807) is 17.6 Å². The SMILES string of the molecule is NC(=O)CN(Cc1coc(-c2cccs2)n1)C1CCCC1. The number of hydrogen-bond acceptors (Lipinski definition) is 5. The van der Waals surface area contributed by atoms with E-state index in [4.69, 9.17) is 10.2 Å². The molecule has 2 aromatic rings. The Bertz CT molecular complexity index is 588. The first kappa shape index (κ1) is 14.3. The molecule has 2 N–H and O–H groups in total. The van der Waals surface area contributed by atoms with E-state index < -0.39 is 0 Å². The zero-order valence-electron chi connectivity index (χ0n) is 11.8. The van der Waals surface area contributed by atoms with Crippen LogP contribution >= 0.6 is 11.3 Å². The lowest BCUT2D eigenvalue weighted by Gasteiger charge is -2.26. The Labute approximate surface area is 127 Å². The summed E-state index contributed by atoms with van der Waals surface area (Å²) in [5, 5.41) is 2.00. The van der Waals surface area contributed by atoms with Crippen LogP contribution in [0.5, 0.6) is 0 Å². The van der Waals surface area contributed by atoms with E-state index in [2.05, 4.69) is 9.88 Å². The maximum absolute atomic E-state index is 11.3. The summed E-state index contributed by atoms with van der Waals surface area (Å²) in [7, 11) is 0. The van der Waals surface area contributed by atoms with Gasteiger partial charge in [-0.3, -0.25) is 9.69 Å². The molecule has 0 aliphatic heterocycles. The number of oxazole rings is 1. The highest BCUT2D eigenvalue weighted by molar-refractivity contribution is 7.13. The first-order valence-corrected chi connectivity index (χ1v) is 8.11. The van der Waals surface area contributed by atoms with Crippen LogP contribution in [0.1, 0.15) is 31.4 Å². The van der Waals surface area contributed by atoms with Crippen LogP contribution in [-0.4, -0.2) is 28.4 Å². The predicted octanol–water partition coefficient (Wildman–Crippen LogP) is 2.63. The fourth-order valence-corrected chi connectivity index (χ4v) is 3.54. The van der Waals surface area contributed by atoms with Crippen molar-refractivity contribution in [1.82, 2.24) is 9.88 Å². The third-order valence-corrected chi connectivity index (χ3v) is 4.71. The third kappa shape index (κ3) is 3.51. The highest BCUT2D eigenvalue weighted by Crippen LogP contribution is 2.27. The maximum atomic E-state index is 11.3. The van der Waals surface area contributed by atoms with Crippen molar-refractivity contribution in [2.45, 2.75) is 38.3 Å². The first-order chi connectivity index (χ1) is 10.2. The average molecular weight is 305 g/mol. The van der Waals surface area contributed by atoms with Gasteiger partial charge in [0, 0.05) is 12.6 Å². The second-order valence-corrected chi connectivity index (χ2v) is 6.38. The fourth-order valence-electron chi connectivity index (χ4n) is 2.88. The maximum Gasteiger partial charge on any atom is 0.236 e. The summed E-state index contributed by atoms with van der Waals surface area (Å²) in [5.41, 5.74) is 6.23. The van der Waals surface area contributed by atoms with E-state index in [1.165, 1.54) is 12.8 Å². The molecule has 3 rings (SSSR count). The Hall–Kier alpha value is -1.66. The van der Waals surface area contributed by atoms with Crippen LogP contribution in [0.25, 0.3) is 10.8 Å². The molecule has 1 amide bonds. The smallest absolute Gasteiger partial charge is 0.236 e. The van der Waals surface area contributed by atoms with Crippen LogP contribution < -0.4 is 5.73 Å². The number of nitrogens with zero attached hydrogens (tertiary/aromatic N) is 2. The molecule has 5 nitrogen and oxygen atoms in total. The molecular weight excluding hydrogens is 286 g/mol. The minimum absolute atomic E-state index is 0.284. The van der Waals surface area contributed by atoms with Crippen LogP contribution in [-0.2, 0) is 11.3 Å². The van der Waals surface area contributed by atoms with Gasteiger partial charge in [0.2, 0.25) is 11.8 Å². The minimum Gasteiger partial charge on any atom is -0.444 e. The third-order valence-electron chi connectivity index (χ3n) is 3.85. The number of rotatable bonds is 6. The van der Waals surface area contributed by atoms with E-state index in [1.807, 2.05) is 17.5 Å². The molecule has 2 heterocycles. The van der Waals surface area contributed by atoms with E-state index in [0.29, 0.717) is 18.5 Å².